The number of hydrogen-bond acceptors (Lipinski definition) is 4. The van der Waals surface area contributed by atoms with E-state index < -0.39 is 6.10 Å². The second-order valence-electron chi connectivity index (χ2n) is 6.10. The molecule has 1 rings (SSSR count). The summed E-state index contributed by atoms with van der Waals surface area (Å²) in [5, 5.41) is 13.1. The van der Waals surface area contributed by atoms with Crippen LogP contribution in [0.4, 0.5) is 4.79 Å². The van der Waals surface area contributed by atoms with E-state index in [0.717, 1.165) is 39.0 Å². The van der Waals surface area contributed by atoms with E-state index in [2.05, 4.69) is 36.0 Å². The van der Waals surface area contributed by atoms with Gasteiger partial charge in [0.05, 0.1) is 6.10 Å². The largest absolute Gasteiger partial charge is 0.390 e. The van der Waals surface area contributed by atoms with Crippen molar-refractivity contribution in [2.24, 2.45) is 0 Å². The van der Waals surface area contributed by atoms with Gasteiger partial charge in [0.2, 0.25) is 0 Å². The molecule has 1 aliphatic heterocycles. The molecule has 0 aromatic rings. The lowest BCUT2D eigenvalue weighted by atomic mass is 10.2. The van der Waals surface area contributed by atoms with Crippen LogP contribution in [0.3, 0.4) is 0 Å². The average Bonchev–Trinajstić information content (AvgIpc) is 2.46. The molecule has 1 heterocycles. The van der Waals surface area contributed by atoms with Crippen molar-refractivity contribution in [3.05, 3.63) is 0 Å². The van der Waals surface area contributed by atoms with Crippen molar-refractivity contribution in [2.45, 2.75) is 38.8 Å². The molecule has 21 heavy (non-hydrogen) atoms. The molecule has 0 radical (unpaired) electrons. The third-order valence-electron chi connectivity index (χ3n) is 4.21. The Morgan fingerprint density at radius 2 is 1.81 bits per heavy atom. The van der Waals surface area contributed by atoms with Crippen molar-refractivity contribution in [1.29, 1.82) is 0 Å². The summed E-state index contributed by atoms with van der Waals surface area (Å²) in [5.41, 5.74) is 0. The first kappa shape index (κ1) is 18.2. The summed E-state index contributed by atoms with van der Waals surface area (Å²) in [6, 6.07) is 0.121. The van der Waals surface area contributed by atoms with E-state index in [4.69, 9.17) is 0 Å². The third-order valence-corrected chi connectivity index (χ3v) is 4.21. The summed E-state index contributed by atoms with van der Waals surface area (Å²) < 4.78 is 0. The van der Waals surface area contributed by atoms with Crippen LogP contribution in [0.5, 0.6) is 0 Å². The Labute approximate surface area is 129 Å². The first-order chi connectivity index (χ1) is 9.96. The van der Waals surface area contributed by atoms with E-state index in [1.807, 2.05) is 0 Å². The molecular formula is C15H32N4O2. The maximum absolute atomic E-state index is 12.0. The normalized spacial score (nSPS) is 18.8. The number of urea groups is 1. The molecule has 1 fully saturated rings. The summed E-state index contributed by atoms with van der Waals surface area (Å²) in [4.78, 5) is 18.2. The summed E-state index contributed by atoms with van der Waals surface area (Å²) >= 11 is 0. The topological polar surface area (TPSA) is 59.1 Å². The molecule has 124 valence electrons. The van der Waals surface area contributed by atoms with Crippen LogP contribution in [0, 0.1) is 0 Å². The second-order valence-corrected chi connectivity index (χ2v) is 6.10. The van der Waals surface area contributed by atoms with Gasteiger partial charge in [0.15, 0.2) is 0 Å². The van der Waals surface area contributed by atoms with E-state index in [9.17, 15) is 9.90 Å². The van der Waals surface area contributed by atoms with Gasteiger partial charge in [-0.15, -0.1) is 0 Å². The highest BCUT2D eigenvalue weighted by atomic mass is 16.3. The minimum absolute atomic E-state index is 0.0962. The van der Waals surface area contributed by atoms with Gasteiger partial charge in [-0.1, -0.05) is 13.8 Å². The van der Waals surface area contributed by atoms with Crippen molar-refractivity contribution < 1.29 is 9.90 Å². The number of likely N-dealkylation sites (N-methyl/N-ethyl adjacent to an activating group) is 2. The number of rotatable bonds is 7. The van der Waals surface area contributed by atoms with Gasteiger partial charge in [0.25, 0.3) is 0 Å². The minimum atomic E-state index is -0.495. The maximum Gasteiger partial charge on any atom is 0.317 e. The first-order valence-corrected chi connectivity index (χ1v) is 8.06. The SMILES string of the molecule is CCC(CC)NC(=O)N(C)CC(O)CN1CCN(C)CC1. The van der Waals surface area contributed by atoms with Crippen LogP contribution >= 0.6 is 0 Å². The van der Waals surface area contributed by atoms with Crippen LogP contribution in [-0.2, 0) is 0 Å². The van der Waals surface area contributed by atoms with E-state index >= 15 is 0 Å². The molecule has 0 aromatic carbocycles. The van der Waals surface area contributed by atoms with Crippen LogP contribution < -0.4 is 5.32 Å². The zero-order chi connectivity index (χ0) is 15.8. The van der Waals surface area contributed by atoms with Gasteiger partial charge < -0.3 is 20.2 Å². The summed E-state index contributed by atoms with van der Waals surface area (Å²) in [5.74, 6) is 0. The van der Waals surface area contributed by atoms with Crippen LogP contribution in [0.15, 0.2) is 0 Å². The highest BCUT2D eigenvalue weighted by Crippen LogP contribution is 2.02. The molecule has 1 aliphatic rings. The molecule has 1 unspecified atom stereocenters. The lowest BCUT2D eigenvalue weighted by molar-refractivity contribution is 0.0655. The highest BCUT2D eigenvalue weighted by molar-refractivity contribution is 5.74. The van der Waals surface area contributed by atoms with Crippen LogP contribution in [-0.4, -0.2) is 91.3 Å². The van der Waals surface area contributed by atoms with Gasteiger partial charge in [0.1, 0.15) is 0 Å². The molecule has 0 bridgehead atoms. The summed E-state index contributed by atoms with van der Waals surface area (Å²) in [6.07, 6.45) is 1.37. The Kier molecular flexibility index (Phi) is 8.00. The number of nitrogens with one attached hydrogen (secondary N) is 1. The Hall–Kier alpha value is -0.850. The molecule has 6 nitrogen and oxygen atoms in total. The minimum Gasteiger partial charge on any atom is -0.390 e. The highest BCUT2D eigenvalue weighted by Gasteiger charge is 2.20. The second kappa shape index (κ2) is 9.23. The fourth-order valence-corrected chi connectivity index (χ4v) is 2.56. The molecule has 0 saturated carbocycles. The molecule has 0 aliphatic carbocycles. The number of nitrogens with zero attached hydrogens (tertiary/aromatic N) is 3. The summed E-state index contributed by atoms with van der Waals surface area (Å²) in [7, 11) is 3.86. The number of amides is 2. The van der Waals surface area contributed by atoms with Gasteiger partial charge in [0, 0.05) is 52.4 Å². The smallest absolute Gasteiger partial charge is 0.317 e. The van der Waals surface area contributed by atoms with Crippen LogP contribution in [0.25, 0.3) is 0 Å². The van der Waals surface area contributed by atoms with Gasteiger partial charge in [-0.2, -0.15) is 0 Å². The van der Waals surface area contributed by atoms with Crippen molar-refractivity contribution in [3.63, 3.8) is 0 Å². The van der Waals surface area contributed by atoms with Crippen LogP contribution in [0.2, 0.25) is 0 Å². The molecular weight excluding hydrogens is 268 g/mol. The van der Waals surface area contributed by atoms with Crippen LogP contribution in [0.1, 0.15) is 26.7 Å². The van der Waals surface area contributed by atoms with Crippen molar-refractivity contribution in [3.8, 4) is 0 Å². The van der Waals surface area contributed by atoms with E-state index in [0.29, 0.717) is 13.1 Å². The summed E-state index contributed by atoms with van der Waals surface area (Å²) in [6.45, 7) is 9.19. The van der Waals surface area contributed by atoms with Gasteiger partial charge in [-0.05, 0) is 19.9 Å². The quantitative estimate of drug-likeness (QED) is 0.716. The average molecular weight is 300 g/mol. The number of hydrogen-bond donors (Lipinski definition) is 2. The Bertz CT molecular complexity index is 302. The molecule has 1 saturated heterocycles. The molecule has 6 heteroatoms. The Morgan fingerprint density at radius 3 is 2.33 bits per heavy atom. The lowest BCUT2D eigenvalue weighted by Gasteiger charge is -2.34. The third kappa shape index (κ3) is 6.63. The first-order valence-electron chi connectivity index (χ1n) is 8.06. The Morgan fingerprint density at radius 1 is 1.24 bits per heavy atom. The molecule has 1 atom stereocenters. The molecule has 2 N–H and O–H groups in total. The molecule has 2 amide bonds. The predicted molar refractivity (Wildman–Crippen MR) is 85.5 cm³/mol. The number of aliphatic hydroxyl groups is 1. The number of piperazine rings is 1. The van der Waals surface area contributed by atoms with Gasteiger partial charge in [-0.25, -0.2) is 4.79 Å². The van der Waals surface area contributed by atoms with Gasteiger partial charge in [-0.3, -0.25) is 4.90 Å². The molecule has 0 aromatic heterocycles. The number of aliphatic hydroxyl groups excluding tert-OH is 1. The zero-order valence-electron chi connectivity index (χ0n) is 14.0. The fourth-order valence-electron chi connectivity index (χ4n) is 2.56. The zero-order valence-corrected chi connectivity index (χ0v) is 14.0. The van der Waals surface area contributed by atoms with E-state index in [1.54, 1.807) is 11.9 Å². The van der Waals surface area contributed by atoms with Crippen molar-refractivity contribution in [2.75, 3.05) is 53.4 Å². The number of β-amino-alcohol motifs (C(OH)–C–C–N with tert-alkyl or cyclic N) is 1. The van der Waals surface area contributed by atoms with Gasteiger partial charge >= 0.3 is 6.03 Å². The number of carbonyl (C=O) groups excluding carboxylic acids is 1. The maximum atomic E-state index is 12.0. The lowest BCUT2D eigenvalue weighted by Crippen LogP contribution is -2.50. The predicted octanol–water partition coefficient (Wildman–Crippen LogP) is 0.425. The fraction of sp³-hybridized carbons (Fsp3) is 0.933. The monoisotopic (exact) mass is 300 g/mol. The van der Waals surface area contributed by atoms with E-state index in [1.165, 1.54) is 0 Å². The molecule has 0 spiro atoms. The standard InChI is InChI=1S/C15H32N4O2/c1-5-13(6-2)16-15(21)18(4)11-14(20)12-19-9-7-17(3)8-10-19/h13-14,20H,5-12H2,1-4H3,(H,16,21). The Balaban J connectivity index is 2.29. The van der Waals surface area contributed by atoms with E-state index in [-0.39, 0.29) is 12.1 Å². The van der Waals surface area contributed by atoms with Crippen molar-refractivity contribution in [1.82, 2.24) is 20.0 Å². The van der Waals surface area contributed by atoms with Crippen molar-refractivity contribution >= 4 is 6.03 Å². The number of carbonyl (C=O) groups is 1.